The number of sulfone groups is 2. The van der Waals surface area contributed by atoms with Gasteiger partial charge in [-0.2, -0.15) is 0 Å². The van der Waals surface area contributed by atoms with E-state index in [1.54, 1.807) is 36.4 Å². The molecule has 0 aliphatic carbocycles. The Labute approximate surface area is 243 Å². The zero-order valence-corrected chi connectivity index (χ0v) is 25.3. The van der Waals surface area contributed by atoms with Gasteiger partial charge in [-0.15, -0.1) is 0 Å². The second-order valence-electron chi connectivity index (χ2n) is 11.1. The minimum absolute atomic E-state index is 0.0647. The summed E-state index contributed by atoms with van der Waals surface area (Å²) in [4.78, 5) is 9.27. The highest BCUT2D eigenvalue weighted by molar-refractivity contribution is 7.91. The average molecular weight is 602 g/mol. The molecule has 0 atom stereocenters. The van der Waals surface area contributed by atoms with Crippen LogP contribution in [0.3, 0.4) is 0 Å². The number of aliphatic hydroxyl groups excluding tert-OH is 1. The van der Waals surface area contributed by atoms with E-state index in [-0.39, 0.29) is 20.8 Å². The van der Waals surface area contributed by atoms with Crippen LogP contribution in [0.2, 0.25) is 0 Å². The molecule has 0 bridgehead atoms. The maximum Gasteiger partial charge on any atom is 0.210 e. The third kappa shape index (κ3) is 6.53. The van der Waals surface area contributed by atoms with Crippen LogP contribution in [0.15, 0.2) is 63.3 Å². The Hall–Kier alpha value is -2.73. The van der Waals surface area contributed by atoms with Crippen molar-refractivity contribution in [2.24, 2.45) is 0 Å². The van der Waals surface area contributed by atoms with Crippen molar-refractivity contribution in [3.8, 4) is 5.75 Å². The van der Waals surface area contributed by atoms with Crippen LogP contribution in [0.4, 0.5) is 5.69 Å². The van der Waals surface area contributed by atoms with Gasteiger partial charge < -0.3 is 19.6 Å². The van der Waals surface area contributed by atoms with Gasteiger partial charge >= 0.3 is 0 Å². The predicted molar refractivity (Wildman–Crippen MR) is 159 cm³/mol. The zero-order chi connectivity index (χ0) is 29.2. The van der Waals surface area contributed by atoms with E-state index in [1.165, 1.54) is 12.3 Å². The molecular formula is C30H39N3O6S2. The molecule has 2 saturated heterocycles. The molecule has 2 aliphatic rings. The largest absolute Gasteiger partial charge is 0.494 e. The number of ether oxygens (including phenoxy) is 1. The SMILES string of the molecule is CCCCOc1ccc(S(=O)(=O)c2cnc3ccc(S(C)(=O)=O)cc3c2N2CCC(N3CCC(O)CC3)CC2)cc1. The van der Waals surface area contributed by atoms with E-state index in [2.05, 4.69) is 21.7 Å². The number of pyridine rings is 1. The molecule has 0 spiro atoms. The average Bonchev–Trinajstić information content (AvgIpc) is 2.97. The summed E-state index contributed by atoms with van der Waals surface area (Å²) in [5.74, 6) is 0.611. The highest BCUT2D eigenvalue weighted by Gasteiger charge is 2.32. The van der Waals surface area contributed by atoms with E-state index < -0.39 is 19.7 Å². The lowest BCUT2D eigenvalue weighted by Gasteiger charge is -2.42. The number of rotatable bonds is 9. The first kappa shape index (κ1) is 29.8. The van der Waals surface area contributed by atoms with Crippen molar-refractivity contribution in [2.45, 2.75) is 72.3 Å². The Kier molecular flexibility index (Phi) is 8.89. The number of anilines is 1. The van der Waals surface area contributed by atoms with Gasteiger partial charge in [-0.3, -0.25) is 4.98 Å². The Morgan fingerprint density at radius 1 is 0.927 bits per heavy atom. The van der Waals surface area contributed by atoms with Gasteiger partial charge in [0.25, 0.3) is 0 Å². The van der Waals surface area contributed by atoms with Gasteiger partial charge in [0.1, 0.15) is 10.6 Å². The van der Waals surface area contributed by atoms with Crippen LogP contribution >= 0.6 is 0 Å². The van der Waals surface area contributed by atoms with E-state index in [1.807, 2.05) is 0 Å². The summed E-state index contributed by atoms with van der Waals surface area (Å²) in [5.41, 5.74) is 1.04. The molecule has 1 aromatic heterocycles. The Morgan fingerprint density at radius 2 is 1.59 bits per heavy atom. The van der Waals surface area contributed by atoms with Crippen LogP contribution in [-0.4, -0.2) is 83.0 Å². The monoisotopic (exact) mass is 601 g/mol. The molecule has 0 amide bonds. The molecule has 3 heterocycles. The maximum atomic E-state index is 14.1. The summed E-state index contributed by atoms with van der Waals surface area (Å²) in [7, 11) is -7.51. The Morgan fingerprint density at radius 3 is 2.22 bits per heavy atom. The van der Waals surface area contributed by atoms with Gasteiger partial charge in [0.05, 0.1) is 33.7 Å². The molecule has 0 unspecified atom stereocenters. The van der Waals surface area contributed by atoms with Crippen molar-refractivity contribution < 1.29 is 26.7 Å². The van der Waals surface area contributed by atoms with Gasteiger partial charge in [-0.25, -0.2) is 16.8 Å². The number of unbranched alkanes of at least 4 members (excludes halogenated alkanes) is 1. The van der Waals surface area contributed by atoms with E-state index in [0.717, 1.165) is 57.9 Å². The lowest BCUT2D eigenvalue weighted by molar-refractivity contribution is 0.0542. The summed E-state index contributed by atoms with van der Waals surface area (Å²) in [5, 5.41) is 10.4. The van der Waals surface area contributed by atoms with Crippen LogP contribution in [-0.2, 0) is 19.7 Å². The number of aliphatic hydroxyl groups is 1. The fourth-order valence-electron chi connectivity index (χ4n) is 5.77. The van der Waals surface area contributed by atoms with Crippen molar-refractivity contribution in [3.05, 3.63) is 48.7 Å². The van der Waals surface area contributed by atoms with E-state index in [4.69, 9.17) is 4.74 Å². The lowest BCUT2D eigenvalue weighted by Crippen LogP contribution is -2.48. The number of hydrogen-bond donors (Lipinski definition) is 1. The van der Waals surface area contributed by atoms with Crippen LogP contribution < -0.4 is 9.64 Å². The molecule has 41 heavy (non-hydrogen) atoms. The topological polar surface area (TPSA) is 117 Å². The molecule has 0 radical (unpaired) electrons. The molecule has 3 aromatic rings. The third-order valence-corrected chi connectivity index (χ3v) is 11.1. The summed E-state index contributed by atoms with van der Waals surface area (Å²) >= 11 is 0. The second kappa shape index (κ2) is 12.2. The number of aromatic nitrogens is 1. The first-order chi connectivity index (χ1) is 19.6. The minimum Gasteiger partial charge on any atom is -0.494 e. The molecule has 11 heteroatoms. The van der Waals surface area contributed by atoms with E-state index >= 15 is 0 Å². The summed E-state index contributed by atoms with van der Waals surface area (Å²) in [6.07, 6.45) is 7.46. The molecule has 222 valence electrons. The van der Waals surface area contributed by atoms with Crippen molar-refractivity contribution in [1.82, 2.24) is 9.88 Å². The van der Waals surface area contributed by atoms with Gasteiger partial charge in [0.15, 0.2) is 9.84 Å². The van der Waals surface area contributed by atoms with Crippen LogP contribution in [0, 0.1) is 0 Å². The summed E-state index contributed by atoms with van der Waals surface area (Å²) in [6, 6.07) is 11.5. The van der Waals surface area contributed by atoms with Crippen molar-refractivity contribution in [3.63, 3.8) is 0 Å². The first-order valence-corrected chi connectivity index (χ1v) is 17.7. The lowest BCUT2D eigenvalue weighted by atomic mass is 9.98. The first-order valence-electron chi connectivity index (χ1n) is 14.4. The number of hydrogen-bond acceptors (Lipinski definition) is 9. The van der Waals surface area contributed by atoms with Crippen LogP contribution in [0.5, 0.6) is 5.75 Å². The number of fused-ring (bicyclic) bond motifs is 1. The van der Waals surface area contributed by atoms with Gasteiger partial charge in [-0.05, 0) is 74.6 Å². The number of nitrogens with zero attached hydrogens (tertiary/aromatic N) is 3. The van der Waals surface area contributed by atoms with Crippen molar-refractivity contribution in [2.75, 3.05) is 43.9 Å². The van der Waals surface area contributed by atoms with Gasteiger partial charge in [0, 0.05) is 50.1 Å². The standard InChI is InChI=1S/C30H39N3O6S2/c1-3-4-19-39-24-5-7-25(8-6-24)41(37,38)29-21-31-28-10-9-26(40(2,35)36)20-27(28)30(29)33-15-11-22(12-16-33)32-17-13-23(34)14-18-32/h5-10,20-23,34H,3-4,11-19H2,1-2H3. The fourth-order valence-corrected chi connectivity index (χ4v) is 7.86. The van der Waals surface area contributed by atoms with Gasteiger partial charge in [0.2, 0.25) is 9.84 Å². The molecular weight excluding hydrogens is 562 g/mol. The second-order valence-corrected chi connectivity index (χ2v) is 15.0. The summed E-state index contributed by atoms with van der Waals surface area (Å²) in [6.45, 7) is 5.61. The molecule has 0 saturated carbocycles. The van der Waals surface area contributed by atoms with Crippen molar-refractivity contribution >= 4 is 36.3 Å². The predicted octanol–water partition coefficient (Wildman–Crippen LogP) is 4.08. The minimum atomic E-state index is -3.99. The zero-order valence-electron chi connectivity index (χ0n) is 23.7. The normalized spacial score (nSPS) is 18.2. The third-order valence-electron chi connectivity index (χ3n) is 8.19. The van der Waals surface area contributed by atoms with Gasteiger partial charge in [-0.1, -0.05) is 13.3 Å². The molecule has 2 aliphatic heterocycles. The summed E-state index contributed by atoms with van der Waals surface area (Å²) < 4.78 is 58.8. The van der Waals surface area contributed by atoms with Crippen molar-refractivity contribution in [1.29, 1.82) is 0 Å². The highest BCUT2D eigenvalue weighted by Crippen LogP contribution is 2.39. The van der Waals surface area contributed by atoms with Crippen LogP contribution in [0.1, 0.15) is 45.4 Å². The molecule has 2 aromatic carbocycles. The maximum absolute atomic E-state index is 14.1. The molecule has 9 nitrogen and oxygen atoms in total. The molecule has 1 N–H and O–H groups in total. The highest BCUT2D eigenvalue weighted by atomic mass is 32.2. The molecule has 5 rings (SSSR count). The Bertz CT molecular complexity index is 1580. The quantitative estimate of drug-likeness (QED) is 0.362. The number of benzene rings is 2. The number of piperidine rings is 2. The fraction of sp³-hybridized carbons (Fsp3) is 0.500. The number of likely N-dealkylation sites (tertiary alicyclic amines) is 1. The van der Waals surface area contributed by atoms with E-state index in [0.29, 0.717) is 48.1 Å². The van der Waals surface area contributed by atoms with Crippen LogP contribution in [0.25, 0.3) is 10.9 Å². The Balaban J connectivity index is 1.52. The van der Waals surface area contributed by atoms with E-state index in [9.17, 15) is 21.9 Å². The molecule has 2 fully saturated rings. The smallest absolute Gasteiger partial charge is 0.210 e.